The van der Waals surface area contributed by atoms with E-state index in [0.717, 1.165) is 6.92 Å². The number of nitrogens with two attached hydrogens (primary N) is 2. The Hall–Kier alpha value is -6.78. The van der Waals surface area contributed by atoms with Crippen LogP contribution >= 0.6 is 25.3 Å². The highest BCUT2D eigenvalue weighted by molar-refractivity contribution is 7.80. The van der Waals surface area contributed by atoms with Crippen LogP contribution in [0, 0.1) is 5.92 Å². The fraction of sp³-hybridized carbons (Fsp3) is 0.524. The van der Waals surface area contributed by atoms with Gasteiger partial charge in [0, 0.05) is 42.7 Å². The number of hydrogen-bond acceptors (Lipinski definition) is 16. The van der Waals surface area contributed by atoms with Crippen molar-refractivity contribution in [1.82, 2.24) is 52.5 Å². The van der Waals surface area contributed by atoms with Gasteiger partial charge in [-0.25, -0.2) is 9.78 Å². The first-order valence-corrected chi connectivity index (χ1v) is 23.1. The van der Waals surface area contributed by atoms with Crippen molar-refractivity contribution in [2.75, 3.05) is 18.1 Å². The molecule has 1 aromatic heterocycles. The van der Waals surface area contributed by atoms with E-state index in [1.54, 1.807) is 44.2 Å². The van der Waals surface area contributed by atoms with Crippen LogP contribution in [0.1, 0.15) is 57.7 Å². The molecule has 0 aliphatic carbocycles. The molecule has 2 rings (SSSR count). The molecule has 10 atom stereocenters. The molecule has 0 spiro atoms. The van der Waals surface area contributed by atoms with Crippen LogP contribution in [0.3, 0.4) is 0 Å². The number of imidazole rings is 1. The van der Waals surface area contributed by atoms with Crippen LogP contribution in [0.2, 0.25) is 0 Å². The summed E-state index contributed by atoms with van der Waals surface area (Å²) < 4.78 is 0. The highest BCUT2D eigenvalue weighted by Gasteiger charge is 2.35. The molecule has 70 heavy (non-hydrogen) atoms. The van der Waals surface area contributed by atoms with Crippen LogP contribution in [0.15, 0.2) is 42.9 Å². The zero-order valence-corrected chi connectivity index (χ0v) is 40.3. The number of carboxylic acids is 2. The molecule has 2 aromatic rings. The number of aromatic nitrogens is 2. The number of hydrogen-bond donors (Lipinski definition) is 16. The molecule has 1 heterocycles. The van der Waals surface area contributed by atoms with Crippen molar-refractivity contribution in [3.05, 3.63) is 54.1 Å². The van der Waals surface area contributed by atoms with Gasteiger partial charge < -0.3 is 74.3 Å². The fourth-order valence-corrected chi connectivity index (χ4v) is 6.78. The lowest BCUT2D eigenvalue weighted by molar-refractivity contribution is -0.143. The van der Waals surface area contributed by atoms with Gasteiger partial charge in [0.1, 0.15) is 42.3 Å². The van der Waals surface area contributed by atoms with E-state index in [-0.39, 0.29) is 24.5 Å². The second-order valence-electron chi connectivity index (χ2n) is 16.1. The summed E-state index contributed by atoms with van der Waals surface area (Å²) in [4.78, 5) is 148. The standard InChI is InChI=1S/C42H62N12O14S2/c1-4-20(2)33(44)40(65)51-26(14-30(43)56)37(62)53-29(18-70)39(64)50-25(12-22-8-6-5-7-9-22)35(60)46-16-31(57)48-28(17-69)38(63)49-24(10-11-32(58)59)36(61)54-34(21(3)55)41(66)52-27(42(67)68)13-23-15-45-19-47-23/h5-9,15,19-21,24-29,33-34,55,69-70H,4,10-14,16-18,44H2,1-3H3,(H2,43,56)(H,45,47)(H,46,60)(H,48,57)(H,49,63)(H,50,64)(H,51,65)(H,52,66)(H,53,62)(H,54,61)(H,58,59)(H,67,68)/t20-,21+,24-,25-,26-,27-,28-,29-,33-,34-/m0/s1. The monoisotopic (exact) mass is 1020 g/mol. The molecule has 1 aromatic carbocycles. The second-order valence-corrected chi connectivity index (χ2v) is 16.8. The summed E-state index contributed by atoms with van der Waals surface area (Å²) in [6.07, 6.45) is -0.726. The Morgan fingerprint density at radius 3 is 1.76 bits per heavy atom. The van der Waals surface area contributed by atoms with Gasteiger partial charge in [-0.2, -0.15) is 25.3 Å². The van der Waals surface area contributed by atoms with E-state index < -0.39 is 151 Å². The number of nitrogens with one attached hydrogen (secondary N) is 9. The first-order chi connectivity index (χ1) is 33.0. The zero-order valence-electron chi connectivity index (χ0n) is 38.5. The SMILES string of the molecule is CC[C@H](C)[C@H](N)C(=O)N[C@@H](CC(N)=O)C(=O)N[C@@H](CS)C(=O)N[C@@H](Cc1ccccc1)C(=O)NCC(=O)N[C@@H](CS)C(=O)N[C@@H](CCC(=O)O)C(=O)N[C@H](C(=O)N[C@@H](Cc1cnc[nH]1)C(=O)O)[C@@H](C)O. The minimum atomic E-state index is -1.79. The molecule has 0 unspecified atom stereocenters. The van der Waals surface area contributed by atoms with E-state index in [9.17, 15) is 68.1 Å². The number of carbonyl (C=O) groups is 11. The summed E-state index contributed by atoms with van der Waals surface area (Å²) in [6.45, 7) is 3.84. The Labute approximate surface area is 413 Å². The van der Waals surface area contributed by atoms with Crippen molar-refractivity contribution in [2.24, 2.45) is 17.4 Å². The summed E-state index contributed by atoms with van der Waals surface area (Å²) in [5, 5.41) is 48.0. The lowest BCUT2D eigenvalue weighted by Crippen LogP contribution is -2.61. The smallest absolute Gasteiger partial charge is 0.326 e. The highest BCUT2D eigenvalue weighted by Crippen LogP contribution is 2.09. The van der Waals surface area contributed by atoms with Gasteiger partial charge in [-0.15, -0.1) is 0 Å². The largest absolute Gasteiger partial charge is 0.481 e. The van der Waals surface area contributed by atoms with Crippen LogP contribution in [0.25, 0.3) is 0 Å². The molecule has 0 saturated heterocycles. The lowest BCUT2D eigenvalue weighted by Gasteiger charge is -2.27. The second kappa shape index (κ2) is 30.0. The van der Waals surface area contributed by atoms with Crippen LogP contribution in [-0.2, 0) is 65.6 Å². The minimum absolute atomic E-state index is 0.133. The maximum atomic E-state index is 13.6. The number of carbonyl (C=O) groups excluding carboxylic acids is 9. The van der Waals surface area contributed by atoms with Crippen molar-refractivity contribution in [2.45, 2.75) is 114 Å². The van der Waals surface area contributed by atoms with Crippen LogP contribution in [-0.4, -0.2) is 163 Å². The highest BCUT2D eigenvalue weighted by atomic mass is 32.1. The van der Waals surface area contributed by atoms with Crippen molar-refractivity contribution in [1.29, 1.82) is 0 Å². The number of aliphatic hydroxyl groups is 1. The average Bonchev–Trinajstić information content (AvgIpc) is 3.83. The Bertz CT molecular complexity index is 2140. The number of benzene rings is 1. The topological polar surface area (TPSA) is 425 Å². The normalized spacial score (nSPS) is 15.2. The first-order valence-electron chi connectivity index (χ1n) is 21.8. The molecule has 26 nitrogen and oxygen atoms in total. The molecule has 0 aliphatic heterocycles. The summed E-state index contributed by atoms with van der Waals surface area (Å²) in [5.74, 6) is -12.6. The summed E-state index contributed by atoms with van der Waals surface area (Å²) >= 11 is 8.26. The van der Waals surface area contributed by atoms with Gasteiger partial charge in [0.05, 0.1) is 31.4 Å². The van der Waals surface area contributed by atoms with E-state index in [4.69, 9.17) is 11.5 Å². The van der Waals surface area contributed by atoms with Crippen molar-refractivity contribution >= 4 is 90.4 Å². The molecular formula is C42H62N12O14S2. The van der Waals surface area contributed by atoms with E-state index in [1.165, 1.54) is 12.5 Å². The Morgan fingerprint density at radius 2 is 1.23 bits per heavy atom. The van der Waals surface area contributed by atoms with Gasteiger partial charge in [-0.1, -0.05) is 50.6 Å². The maximum Gasteiger partial charge on any atom is 0.326 e. The summed E-state index contributed by atoms with van der Waals surface area (Å²) in [5.41, 5.74) is 12.2. The molecule has 16 N–H and O–H groups in total. The van der Waals surface area contributed by atoms with Crippen molar-refractivity contribution in [3.63, 3.8) is 0 Å². The molecule has 0 saturated carbocycles. The Morgan fingerprint density at radius 1 is 0.686 bits per heavy atom. The molecule has 386 valence electrons. The van der Waals surface area contributed by atoms with E-state index in [2.05, 4.69) is 77.8 Å². The van der Waals surface area contributed by atoms with Gasteiger partial charge in [-0.3, -0.25) is 47.9 Å². The maximum absolute atomic E-state index is 13.6. The predicted octanol–water partition coefficient (Wildman–Crippen LogP) is -4.86. The van der Waals surface area contributed by atoms with E-state index in [0.29, 0.717) is 17.7 Å². The molecule has 0 bridgehead atoms. The number of H-pyrrole nitrogens is 1. The molecule has 0 radical (unpaired) electrons. The lowest BCUT2D eigenvalue weighted by atomic mass is 9.99. The zero-order chi connectivity index (χ0) is 52.7. The third kappa shape index (κ3) is 20.4. The Balaban J connectivity index is 2.19. The van der Waals surface area contributed by atoms with Gasteiger partial charge in [0.2, 0.25) is 53.2 Å². The Kier molecular flexibility index (Phi) is 25.4. The van der Waals surface area contributed by atoms with Gasteiger partial charge in [-0.05, 0) is 24.8 Å². The number of aliphatic hydroxyl groups excluding tert-OH is 1. The number of nitrogens with zero attached hydrogens (tertiary/aromatic N) is 1. The summed E-state index contributed by atoms with van der Waals surface area (Å²) in [6, 6.07) is -3.58. The van der Waals surface area contributed by atoms with E-state index in [1.807, 2.05) is 0 Å². The molecule has 9 amide bonds. The quantitative estimate of drug-likeness (QED) is 0.0315. The van der Waals surface area contributed by atoms with Crippen LogP contribution in [0.4, 0.5) is 0 Å². The average molecular weight is 1020 g/mol. The number of aliphatic carboxylic acids is 2. The third-order valence-corrected chi connectivity index (χ3v) is 11.3. The van der Waals surface area contributed by atoms with Crippen LogP contribution in [0.5, 0.6) is 0 Å². The minimum Gasteiger partial charge on any atom is -0.481 e. The molecule has 0 fully saturated rings. The van der Waals surface area contributed by atoms with Gasteiger partial charge in [0.25, 0.3) is 0 Å². The van der Waals surface area contributed by atoms with E-state index >= 15 is 0 Å². The van der Waals surface area contributed by atoms with Crippen molar-refractivity contribution < 1.29 is 68.1 Å². The summed E-state index contributed by atoms with van der Waals surface area (Å²) in [7, 11) is 0. The fourth-order valence-electron chi connectivity index (χ4n) is 6.26. The number of primary amides is 1. The number of carboxylic acid groups (broad SMARTS) is 2. The number of aromatic amines is 1. The molecule has 28 heteroatoms. The van der Waals surface area contributed by atoms with Gasteiger partial charge in [0.15, 0.2) is 0 Å². The van der Waals surface area contributed by atoms with Crippen LogP contribution < -0.4 is 54.0 Å². The number of rotatable bonds is 31. The third-order valence-electron chi connectivity index (χ3n) is 10.5. The first kappa shape index (κ1) is 59.3. The van der Waals surface area contributed by atoms with Gasteiger partial charge >= 0.3 is 11.9 Å². The predicted molar refractivity (Wildman–Crippen MR) is 254 cm³/mol. The number of amides is 9. The van der Waals surface area contributed by atoms with Crippen molar-refractivity contribution in [3.8, 4) is 0 Å². The molecular weight excluding hydrogens is 961 g/mol. The molecule has 0 aliphatic rings. The number of thiol groups is 2.